The van der Waals surface area contributed by atoms with E-state index in [1.54, 1.807) is 6.07 Å². The normalized spacial score (nSPS) is 13.6. The predicted molar refractivity (Wildman–Crippen MR) is 106 cm³/mol. The number of rotatable bonds is 7. The number of aromatic nitrogens is 1. The highest BCUT2D eigenvalue weighted by molar-refractivity contribution is 5.92. The summed E-state index contributed by atoms with van der Waals surface area (Å²) in [5.41, 5.74) is 3.24. The van der Waals surface area contributed by atoms with E-state index in [0.29, 0.717) is 12.2 Å². The lowest BCUT2D eigenvalue weighted by molar-refractivity contribution is 0.0944. The SMILES string of the molecule is CCN(CC)CCNC(=O)c1cccc(N2CCc3ccccc3C2)n1. The number of hydrogen-bond donors (Lipinski definition) is 1. The Bertz CT molecular complexity index is 742. The number of pyridine rings is 1. The van der Waals surface area contributed by atoms with Crippen molar-refractivity contribution < 1.29 is 4.79 Å². The largest absolute Gasteiger partial charge is 0.352 e. The molecule has 26 heavy (non-hydrogen) atoms. The zero-order chi connectivity index (χ0) is 18.4. The second-order valence-corrected chi connectivity index (χ2v) is 6.60. The molecule has 2 heterocycles. The van der Waals surface area contributed by atoms with E-state index in [-0.39, 0.29) is 5.91 Å². The molecular weight excluding hydrogens is 324 g/mol. The van der Waals surface area contributed by atoms with Crippen molar-refractivity contribution in [1.29, 1.82) is 0 Å². The van der Waals surface area contributed by atoms with Crippen LogP contribution in [-0.4, -0.2) is 48.5 Å². The molecule has 1 aromatic carbocycles. The van der Waals surface area contributed by atoms with E-state index in [1.807, 2.05) is 12.1 Å². The Morgan fingerprint density at radius 2 is 1.88 bits per heavy atom. The molecule has 0 radical (unpaired) electrons. The summed E-state index contributed by atoms with van der Waals surface area (Å²) in [5.74, 6) is 0.771. The summed E-state index contributed by atoms with van der Waals surface area (Å²) < 4.78 is 0. The minimum Gasteiger partial charge on any atom is -0.352 e. The van der Waals surface area contributed by atoms with Crippen molar-refractivity contribution in [3.8, 4) is 0 Å². The number of anilines is 1. The molecule has 1 N–H and O–H groups in total. The number of fused-ring (bicyclic) bond motifs is 1. The number of benzene rings is 1. The zero-order valence-corrected chi connectivity index (χ0v) is 15.7. The van der Waals surface area contributed by atoms with Gasteiger partial charge < -0.3 is 15.1 Å². The van der Waals surface area contributed by atoms with Crippen molar-refractivity contribution >= 4 is 11.7 Å². The lowest BCUT2D eigenvalue weighted by Crippen LogP contribution is -2.35. The van der Waals surface area contributed by atoms with Crippen molar-refractivity contribution in [2.75, 3.05) is 37.6 Å². The van der Waals surface area contributed by atoms with E-state index in [1.165, 1.54) is 11.1 Å². The third-order valence-electron chi connectivity index (χ3n) is 5.03. The summed E-state index contributed by atoms with van der Waals surface area (Å²) in [6, 6.07) is 14.2. The van der Waals surface area contributed by atoms with Crippen LogP contribution in [0.1, 0.15) is 35.5 Å². The summed E-state index contributed by atoms with van der Waals surface area (Å²) in [5, 5.41) is 2.98. The Hall–Kier alpha value is -2.40. The number of likely N-dealkylation sites (N-methyl/N-ethyl adjacent to an activating group) is 1. The fraction of sp³-hybridized carbons (Fsp3) is 0.429. The van der Waals surface area contributed by atoms with Crippen LogP contribution in [0.3, 0.4) is 0 Å². The van der Waals surface area contributed by atoms with E-state index in [0.717, 1.165) is 45.0 Å². The fourth-order valence-corrected chi connectivity index (χ4v) is 3.38. The number of carbonyl (C=O) groups is 1. The van der Waals surface area contributed by atoms with Gasteiger partial charge in [0.2, 0.25) is 0 Å². The number of carbonyl (C=O) groups excluding carboxylic acids is 1. The average Bonchev–Trinajstić information content (AvgIpc) is 2.71. The number of amides is 1. The maximum atomic E-state index is 12.4. The Labute approximate surface area is 156 Å². The first-order chi connectivity index (χ1) is 12.7. The standard InChI is InChI=1S/C21H28N4O/c1-3-24(4-2)15-13-22-21(26)19-10-7-11-20(23-19)25-14-12-17-8-5-6-9-18(17)16-25/h5-11H,3-4,12-16H2,1-2H3,(H,22,26). The van der Waals surface area contributed by atoms with Gasteiger partial charge in [0.1, 0.15) is 11.5 Å². The van der Waals surface area contributed by atoms with Gasteiger partial charge in [-0.15, -0.1) is 0 Å². The van der Waals surface area contributed by atoms with Gasteiger partial charge in [0, 0.05) is 26.2 Å². The molecule has 0 aliphatic carbocycles. The molecule has 0 saturated carbocycles. The van der Waals surface area contributed by atoms with Crippen LogP contribution in [0.4, 0.5) is 5.82 Å². The van der Waals surface area contributed by atoms with Gasteiger partial charge in [-0.1, -0.05) is 44.2 Å². The first-order valence-electron chi connectivity index (χ1n) is 9.50. The molecule has 0 saturated heterocycles. The summed E-state index contributed by atoms with van der Waals surface area (Å²) >= 11 is 0. The van der Waals surface area contributed by atoms with E-state index in [9.17, 15) is 4.79 Å². The van der Waals surface area contributed by atoms with Gasteiger partial charge in [-0.3, -0.25) is 4.79 Å². The molecule has 0 unspecified atom stereocenters. The molecule has 0 spiro atoms. The summed E-state index contributed by atoms with van der Waals surface area (Å²) in [6.07, 6.45) is 1.01. The monoisotopic (exact) mass is 352 g/mol. The Morgan fingerprint density at radius 3 is 2.65 bits per heavy atom. The molecule has 0 fully saturated rings. The van der Waals surface area contributed by atoms with Gasteiger partial charge in [-0.05, 0) is 42.8 Å². The van der Waals surface area contributed by atoms with E-state index >= 15 is 0 Å². The minimum atomic E-state index is -0.101. The Balaban J connectivity index is 1.62. The van der Waals surface area contributed by atoms with Crippen LogP contribution in [0, 0.1) is 0 Å². The summed E-state index contributed by atoms with van der Waals surface area (Å²) in [7, 11) is 0. The van der Waals surface area contributed by atoms with Gasteiger partial charge >= 0.3 is 0 Å². The van der Waals surface area contributed by atoms with Crippen LogP contribution in [0.5, 0.6) is 0 Å². The van der Waals surface area contributed by atoms with Gasteiger partial charge in [0.05, 0.1) is 0 Å². The van der Waals surface area contributed by atoms with Crippen molar-refractivity contribution in [3.63, 3.8) is 0 Å². The highest BCUT2D eigenvalue weighted by Crippen LogP contribution is 2.23. The fourth-order valence-electron chi connectivity index (χ4n) is 3.38. The molecule has 0 atom stereocenters. The summed E-state index contributed by atoms with van der Waals surface area (Å²) in [6.45, 7) is 9.53. The highest BCUT2D eigenvalue weighted by Gasteiger charge is 2.18. The van der Waals surface area contributed by atoms with E-state index < -0.39 is 0 Å². The van der Waals surface area contributed by atoms with Crippen LogP contribution in [0.25, 0.3) is 0 Å². The zero-order valence-electron chi connectivity index (χ0n) is 15.7. The van der Waals surface area contributed by atoms with E-state index in [2.05, 4.69) is 58.2 Å². The second kappa shape index (κ2) is 8.81. The Kier molecular flexibility index (Phi) is 6.23. The number of hydrogen-bond acceptors (Lipinski definition) is 4. The van der Waals surface area contributed by atoms with Crippen molar-refractivity contribution in [2.24, 2.45) is 0 Å². The van der Waals surface area contributed by atoms with Crippen LogP contribution in [0.15, 0.2) is 42.5 Å². The molecule has 1 amide bonds. The smallest absolute Gasteiger partial charge is 0.270 e. The second-order valence-electron chi connectivity index (χ2n) is 6.60. The first kappa shape index (κ1) is 18.4. The minimum absolute atomic E-state index is 0.101. The van der Waals surface area contributed by atoms with Crippen LogP contribution >= 0.6 is 0 Å². The number of nitrogens with zero attached hydrogens (tertiary/aromatic N) is 3. The van der Waals surface area contributed by atoms with Crippen molar-refractivity contribution in [1.82, 2.24) is 15.2 Å². The molecular formula is C21H28N4O. The third-order valence-corrected chi connectivity index (χ3v) is 5.03. The molecule has 2 aromatic rings. The van der Waals surface area contributed by atoms with Crippen LogP contribution in [0.2, 0.25) is 0 Å². The van der Waals surface area contributed by atoms with Gasteiger partial charge in [0.25, 0.3) is 5.91 Å². The van der Waals surface area contributed by atoms with Crippen LogP contribution in [-0.2, 0) is 13.0 Å². The maximum absolute atomic E-state index is 12.4. The molecule has 5 heteroatoms. The summed E-state index contributed by atoms with van der Waals surface area (Å²) in [4.78, 5) is 21.6. The molecule has 3 rings (SSSR count). The Morgan fingerprint density at radius 1 is 1.12 bits per heavy atom. The maximum Gasteiger partial charge on any atom is 0.270 e. The molecule has 1 aromatic heterocycles. The van der Waals surface area contributed by atoms with E-state index in [4.69, 9.17) is 0 Å². The van der Waals surface area contributed by atoms with Crippen molar-refractivity contribution in [2.45, 2.75) is 26.8 Å². The topological polar surface area (TPSA) is 48.5 Å². The molecule has 138 valence electrons. The number of nitrogens with one attached hydrogen (secondary N) is 1. The predicted octanol–water partition coefficient (Wildman–Crippen LogP) is 2.72. The molecule has 5 nitrogen and oxygen atoms in total. The van der Waals surface area contributed by atoms with Gasteiger partial charge in [-0.2, -0.15) is 0 Å². The molecule has 1 aliphatic heterocycles. The van der Waals surface area contributed by atoms with Gasteiger partial charge in [0.15, 0.2) is 0 Å². The highest BCUT2D eigenvalue weighted by atomic mass is 16.1. The lowest BCUT2D eigenvalue weighted by Gasteiger charge is -2.30. The van der Waals surface area contributed by atoms with Crippen LogP contribution < -0.4 is 10.2 Å². The van der Waals surface area contributed by atoms with Crippen molar-refractivity contribution in [3.05, 3.63) is 59.3 Å². The third kappa shape index (κ3) is 4.41. The molecule has 0 bridgehead atoms. The average molecular weight is 352 g/mol. The quantitative estimate of drug-likeness (QED) is 0.832. The first-order valence-corrected chi connectivity index (χ1v) is 9.50. The van der Waals surface area contributed by atoms with Gasteiger partial charge in [-0.25, -0.2) is 4.98 Å². The lowest BCUT2D eigenvalue weighted by atomic mass is 10.00. The molecule has 1 aliphatic rings.